The predicted octanol–water partition coefficient (Wildman–Crippen LogP) is 0.735. The zero-order valence-corrected chi connectivity index (χ0v) is 20.2. The Hall–Kier alpha value is -2.49. The summed E-state index contributed by atoms with van der Waals surface area (Å²) in [6.07, 6.45) is 3.84. The molecule has 1 aliphatic carbocycles. The van der Waals surface area contributed by atoms with E-state index >= 15 is 0 Å². The van der Waals surface area contributed by atoms with E-state index in [1.54, 1.807) is 4.68 Å². The second-order valence-electron chi connectivity index (χ2n) is 11.6. The monoisotopic (exact) mass is 460 g/mol. The molecule has 10 nitrogen and oxygen atoms in total. The van der Waals surface area contributed by atoms with Gasteiger partial charge in [0.1, 0.15) is 12.1 Å². The molecule has 0 radical (unpaired) electrons. The molecule has 4 rings (SSSR count). The van der Waals surface area contributed by atoms with Crippen LogP contribution in [-0.4, -0.2) is 74.0 Å². The average molecular weight is 461 g/mol. The first-order valence-corrected chi connectivity index (χ1v) is 11.8. The van der Waals surface area contributed by atoms with Crippen molar-refractivity contribution in [1.82, 2.24) is 30.5 Å². The summed E-state index contributed by atoms with van der Waals surface area (Å²) < 4.78 is 1.62. The van der Waals surface area contributed by atoms with Crippen molar-refractivity contribution in [2.24, 2.45) is 10.8 Å². The molecule has 3 heterocycles. The molecule has 0 bridgehead atoms. The van der Waals surface area contributed by atoms with Gasteiger partial charge in [0, 0.05) is 38.0 Å². The number of rotatable bonds is 6. The van der Waals surface area contributed by atoms with Crippen molar-refractivity contribution in [3.63, 3.8) is 0 Å². The molecule has 2 saturated heterocycles. The number of β-amino-alcohol motifs (C(OH)–C–C–N with tert-alkyl or cyclic N) is 1. The lowest BCUT2D eigenvalue weighted by Gasteiger charge is -2.35. The van der Waals surface area contributed by atoms with Crippen molar-refractivity contribution < 1.29 is 19.5 Å². The molecule has 1 aromatic heterocycles. The number of amides is 3. The van der Waals surface area contributed by atoms with E-state index in [9.17, 15) is 19.5 Å². The molecule has 3 amide bonds. The molecule has 2 aliphatic heterocycles. The van der Waals surface area contributed by atoms with Gasteiger partial charge in [-0.3, -0.25) is 14.4 Å². The summed E-state index contributed by atoms with van der Waals surface area (Å²) >= 11 is 0. The van der Waals surface area contributed by atoms with E-state index in [0.29, 0.717) is 12.3 Å². The Morgan fingerprint density at radius 2 is 2.03 bits per heavy atom. The second kappa shape index (κ2) is 8.38. The minimum atomic E-state index is -0.774. The smallest absolute Gasteiger partial charge is 0.248 e. The van der Waals surface area contributed by atoms with Gasteiger partial charge in [-0.2, -0.15) is 0 Å². The van der Waals surface area contributed by atoms with Crippen molar-refractivity contribution in [3.8, 4) is 0 Å². The van der Waals surface area contributed by atoms with Gasteiger partial charge in [-0.15, -0.1) is 5.10 Å². The maximum absolute atomic E-state index is 13.7. The Morgan fingerprint density at radius 1 is 1.33 bits per heavy atom. The van der Waals surface area contributed by atoms with Gasteiger partial charge in [-0.25, -0.2) is 4.68 Å². The number of hydrogen-bond donors (Lipinski definition) is 3. The first-order valence-electron chi connectivity index (χ1n) is 11.8. The Kier molecular flexibility index (Phi) is 6.01. The highest BCUT2D eigenvalue weighted by Gasteiger charge is 2.46. The van der Waals surface area contributed by atoms with Crippen LogP contribution in [0.3, 0.4) is 0 Å². The van der Waals surface area contributed by atoms with Crippen LogP contribution in [0.5, 0.6) is 0 Å². The van der Waals surface area contributed by atoms with E-state index in [1.165, 1.54) is 4.90 Å². The first-order chi connectivity index (χ1) is 15.4. The zero-order chi connectivity index (χ0) is 24.1. The highest BCUT2D eigenvalue weighted by molar-refractivity contribution is 5.90. The van der Waals surface area contributed by atoms with Crippen LogP contribution in [0.15, 0.2) is 6.20 Å². The van der Waals surface area contributed by atoms with Crippen molar-refractivity contribution in [1.29, 1.82) is 0 Å². The fourth-order valence-electron chi connectivity index (χ4n) is 4.95. The summed E-state index contributed by atoms with van der Waals surface area (Å²) in [7, 11) is 0. The minimum absolute atomic E-state index is 0.0289. The third-order valence-electron chi connectivity index (χ3n) is 7.08. The van der Waals surface area contributed by atoms with Gasteiger partial charge < -0.3 is 20.6 Å². The van der Waals surface area contributed by atoms with Crippen molar-refractivity contribution >= 4 is 17.7 Å². The van der Waals surface area contributed by atoms with Crippen molar-refractivity contribution in [3.05, 3.63) is 11.9 Å². The number of likely N-dealkylation sites (tertiary alicyclic amines) is 1. The van der Waals surface area contributed by atoms with E-state index in [1.807, 2.05) is 40.8 Å². The number of carbonyl (C=O) groups excluding carboxylic acids is 3. The molecule has 1 saturated carbocycles. The van der Waals surface area contributed by atoms with Gasteiger partial charge >= 0.3 is 0 Å². The molecule has 10 heteroatoms. The normalized spacial score (nSPS) is 28.0. The Bertz CT molecular complexity index is 932. The predicted molar refractivity (Wildman–Crippen MR) is 120 cm³/mol. The highest BCUT2D eigenvalue weighted by atomic mass is 16.3. The molecule has 3 N–H and O–H groups in total. The maximum atomic E-state index is 13.7. The largest absolute Gasteiger partial charge is 0.391 e. The van der Waals surface area contributed by atoms with Crippen LogP contribution in [0.1, 0.15) is 78.0 Å². The molecule has 0 spiro atoms. The fraction of sp³-hybridized carbons (Fsp3) is 0.783. The third-order valence-corrected chi connectivity index (χ3v) is 7.08. The summed E-state index contributed by atoms with van der Waals surface area (Å²) in [5, 5.41) is 24.7. The first kappa shape index (κ1) is 23.7. The summed E-state index contributed by atoms with van der Waals surface area (Å²) in [4.78, 5) is 40.1. The lowest BCUT2D eigenvalue weighted by molar-refractivity contribution is -0.144. The molecular weight excluding hydrogens is 424 g/mol. The van der Waals surface area contributed by atoms with Gasteiger partial charge in [0.25, 0.3) is 0 Å². The number of aromatic nitrogens is 3. The van der Waals surface area contributed by atoms with Crippen LogP contribution in [0.2, 0.25) is 0 Å². The van der Waals surface area contributed by atoms with Crippen molar-refractivity contribution in [2.75, 3.05) is 13.1 Å². The van der Waals surface area contributed by atoms with Gasteiger partial charge in [-0.05, 0) is 23.7 Å². The van der Waals surface area contributed by atoms with Crippen molar-refractivity contribution in [2.45, 2.75) is 90.4 Å². The number of nitrogens with one attached hydrogen (secondary N) is 2. The molecule has 3 aliphatic rings. The molecule has 1 unspecified atom stereocenters. The molecule has 4 atom stereocenters. The Labute approximate surface area is 194 Å². The molecular formula is C23H36N6O4. The third kappa shape index (κ3) is 4.90. The summed E-state index contributed by atoms with van der Waals surface area (Å²) in [6.45, 7) is 10.2. The zero-order valence-electron chi connectivity index (χ0n) is 20.2. The van der Waals surface area contributed by atoms with E-state index < -0.39 is 23.6 Å². The van der Waals surface area contributed by atoms with E-state index in [-0.39, 0.29) is 48.7 Å². The lowest BCUT2D eigenvalue weighted by atomic mass is 9.85. The van der Waals surface area contributed by atoms with Gasteiger partial charge in [-0.1, -0.05) is 39.8 Å². The van der Waals surface area contributed by atoms with Crippen LogP contribution in [0, 0.1) is 10.8 Å². The van der Waals surface area contributed by atoms with E-state index in [0.717, 1.165) is 18.5 Å². The van der Waals surface area contributed by atoms with Crippen LogP contribution in [0.4, 0.5) is 0 Å². The fourth-order valence-corrected chi connectivity index (χ4v) is 4.95. The maximum Gasteiger partial charge on any atom is 0.248 e. The summed E-state index contributed by atoms with van der Waals surface area (Å²) in [5.41, 5.74) is 0.158. The minimum Gasteiger partial charge on any atom is -0.391 e. The summed E-state index contributed by atoms with van der Waals surface area (Å²) in [6, 6.07) is -1.60. The quantitative estimate of drug-likeness (QED) is 0.574. The Morgan fingerprint density at radius 3 is 2.61 bits per heavy atom. The topological polar surface area (TPSA) is 129 Å². The van der Waals surface area contributed by atoms with E-state index in [4.69, 9.17) is 0 Å². The molecule has 3 fully saturated rings. The van der Waals surface area contributed by atoms with Gasteiger partial charge in [0.05, 0.1) is 17.8 Å². The number of carbonyl (C=O) groups is 3. The molecule has 33 heavy (non-hydrogen) atoms. The number of aliphatic hydroxyl groups excluding tert-OH is 1. The highest BCUT2D eigenvalue weighted by Crippen LogP contribution is 2.40. The molecule has 1 aromatic rings. The van der Waals surface area contributed by atoms with Crippen LogP contribution in [0.25, 0.3) is 0 Å². The molecule has 182 valence electrons. The number of nitrogens with zero attached hydrogens (tertiary/aromatic N) is 4. The van der Waals surface area contributed by atoms with Crippen LogP contribution >= 0.6 is 0 Å². The van der Waals surface area contributed by atoms with Gasteiger partial charge in [0.15, 0.2) is 0 Å². The molecule has 0 aromatic carbocycles. The van der Waals surface area contributed by atoms with Gasteiger partial charge in [0.2, 0.25) is 17.7 Å². The second-order valence-corrected chi connectivity index (χ2v) is 11.6. The SMILES string of the molecule is CC1(C)CC(=O)NC1CNC(=O)[C@@H]1C[C@@H](O)CN1C(=O)[C@@H](n1cc(C2CC2)nn1)C(C)(C)C. The van der Waals surface area contributed by atoms with Crippen LogP contribution < -0.4 is 10.6 Å². The number of hydrogen-bond acceptors (Lipinski definition) is 6. The standard InChI is InChI=1S/C23H36N6O4/c1-22(2,3)19(29-12-15(26-27-29)13-6-7-13)21(33)28-11-14(30)8-16(28)20(32)24-10-17-23(4,5)9-18(31)25-17/h12-14,16-17,19,30H,6-11H2,1-5H3,(H,24,32)(H,25,31)/t14-,16+,17?,19-/m1/s1. The summed E-state index contributed by atoms with van der Waals surface area (Å²) in [5.74, 6) is -0.177. The van der Waals surface area contributed by atoms with E-state index in [2.05, 4.69) is 20.9 Å². The Balaban J connectivity index is 1.49. The lowest BCUT2D eigenvalue weighted by Crippen LogP contribution is -2.52. The van der Waals surface area contributed by atoms with Crippen LogP contribution in [-0.2, 0) is 14.4 Å². The number of aliphatic hydroxyl groups is 1. The average Bonchev–Trinajstić information content (AvgIpc) is 3.20.